The van der Waals surface area contributed by atoms with Gasteiger partial charge in [-0.1, -0.05) is 40.6 Å². The molecule has 2 aromatic carbocycles. The van der Waals surface area contributed by atoms with Crippen LogP contribution in [0.5, 0.6) is 0 Å². The lowest BCUT2D eigenvalue weighted by molar-refractivity contribution is 0.568. The quantitative estimate of drug-likeness (QED) is 0.704. The van der Waals surface area contributed by atoms with Gasteiger partial charge in [0.2, 0.25) is 10.0 Å². The van der Waals surface area contributed by atoms with Crippen molar-refractivity contribution in [2.45, 2.75) is 4.90 Å². The van der Waals surface area contributed by atoms with Crippen molar-refractivity contribution in [3.05, 3.63) is 67.3 Å². The van der Waals surface area contributed by atoms with Gasteiger partial charge in [-0.2, -0.15) is 0 Å². The molecule has 0 aliphatic rings. The van der Waals surface area contributed by atoms with Crippen molar-refractivity contribution in [3.63, 3.8) is 0 Å². The molecule has 2 N–H and O–H groups in total. The molecule has 0 spiro atoms. The number of halogens is 3. The number of nitrogens with two attached hydrogens (primary N) is 1. The van der Waals surface area contributed by atoms with E-state index in [9.17, 15) is 17.6 Å². The molecule has 3 rings (SSSR count). The molecule has 0 amide bonds. The summed E-state index contributed by atoms with van der Waals surface area (Å²) in [5.41, 5.74) is 1.09. The zero-order chi connectivity index (χ0) is 18.4. The van der Waals surface area contributed by atoms with E-state index in [4.69, 9.17) is 28.3 Å². The molecule has 0 aliphatic carbocycles. The predicted molar refractivity (Wildman–Crippen MR) is 96.7 cm³/mol. The van der Waals surface area contributed by atoms with E-state index in [1.165, 1.54) is 22.1 Å². The van der Waals surface area contributed by atoms with Crippen LogP contribution < -0.4 is 10.0 Å². The van der Waals surface area contributed by atoms with Crippen LogP contribution in [-0.2, 0) is 10.0 Å². The molecular formula is C15H9Cl2FN2O3S2. The van der Waals surface area contributed by atoms with Crippen LogP contribution in [0.25, 0.3) is 16.9 Å². The summed E-state index contributed by atoms with van der Waals surface area (Å²) in [6, 6.07) is 8.03. The molecule has 1 heterocycles. The second-order valence-electron chi connectivity index (χ2n) is 5.04. The van der Waals surface area contributed by atoms with E-state index in [0.29, 0.717) is 27.0 Å². The second-order valence-corrected chi connectivity index (χ2v) is 8.26. The van der Waals surface area contributed by atoms with Crippen molar-refractivity contribution in [1.29, 1.82) is 0 Å². The topological polar surface area (TPSA) is 82.2 Å². The lowest BCUT2D eigenvalue weighted by Crippen LogP contribution is -2.14. The molecule has 0 aliphatic heterocycles. The Morgan fingerprint density at radius 3 is 2.28 bits per heavy atom. The van der Waals surface area contributed by atoms with Gasteiger partial charge in [0.1, 0.15) is 10.7 Å². The number of hydrogen-bond donors (Lipinski definition) is 1. The van der Waals surface area contributed by atoms with Gasteiger partial charge in [0.05, 0.1) is 11.4 Å². The van der Waals surface area contributed by atoms with Gasteiger partial charge in [-0.25, -0.2) is 17.9 Å². The highest BCUT2D eigenvalue weighted by atomic mass is 35.5. The Morgan fingerprint density at radius 2 is 1.72 bits per heavy atom. The van der Waals surface area contributed by atoms with Crippen molar-refractivity contribution in [3.8, 4) is 16.9 Å². The van der Waals surface area contributed by atoms with Gasteiger partial charge in [0.15, 0.2) is 0 Å². The Labute approximate surface area is 156 Å². The van der Waals surface area contributed by atoms with Gasteiger partial charge in [0, 0.05) is 21.0 Å². The maximum atomic E-state index is 14.1. The first kappa shape index (κ1) is 18.1. The van der Waals surface area contributed by atoms with Crippen molar-refractivity contribution in [2.75, 3.05) is 0 Å². The predicted octanol–water partition coefficient (Wildman–Crippen LogP) is 3.66. The van der Waals surface area contributed by atoms with Crippen molar-refractivity contribution >= 4 is 44.6 Å². The summed E-state index contributed by atoms with van der Waals surface area (Å²) in [5, 5.41) is 7.16. The molecular weight excluding hydrogens is 410 g/mol. The number of primary sulfonamides is 1. The number of thiazole rings is 1. The first-order chi connectivity index (χ1) is 11.7. The number of benzene rings is 2. The minimum absolute atomic E-state index is 0.305. The highest BCUT2D eigenvalue weighted by molar-refractivity contribution is 7.89. The van der Waals surface area contributed by atoms with Gasteiger partial charge in [-0.3, -0.25) is 9.36 Å². The summed E-state index contributed by atoms with van der Waals surface area (Å²) in [4.78, 5) is 11.3. The van der Waals surface area contributed by atoms with Crippen molar-refractivity contribution < 1.29 is 12.8 Å². The van der Waals surface area contributed by atoms with E-state index in [1.54, 1.807) is 12.1 Å². The van der Waals surface area contributed by atoms with Crippen LogP contribution in [0.15, 0.2) is 51.5 Å². The summed E-state index contributed by atoms with van der Waals surface area (Å²) in [7, 11) is -4.18. The minimum Gasteiger partial charge on any atom is -0.267 e. The highest BCUT2D eigenvalue weighted by Crippen LogP contribution is 2.28. The third-order valence-electron chi connectivity index (χ3n) is 3.33. The van der Waals surface area contributed by atoms with Crippen LogP contribution in [-0.4, -0.2) is 13.0 Å². The molecule has 5 nitrogen and oxygen atoms in total. The summed E-state index contributed by atoms with van der Waals surface area (Å²) in [6.45, 7) is 0. The molecule has 130 valence electrons. The monoisotopic (exact) mass is 418 g/mol. The molecule has 1 aromatic heterocycles. The highest BCUT2D eigenvalue weighted by Gasteiger charge is 2.18. The summed E-state index contributed by atoms with van der Waals surface area (Å²) >= 11 is 12.9. The number of rotatable bonds is 3. The minimum atomic E-state index is -4.18. The first-order valence-electron chi connectivity index (χ1n) is 6.66. The lowest BCUT2D eigenvalue weighted by atomic mass is 10.1. The molecule has 25 heavy (non-hydrogen) atoms. The zero-order valence-electron chi connectivity index (χ0n) is 12.2. The maximum absolute atomic E-state index is 14.1. The summed E-state index contributed by atoms with van der Waals surface area (Å²) in [5.74, 6) is -1.01. The molecule has 0 bridgehead atoms. The first-order valence-corrected chi connectivity index (χ1v) is 9.85. The van der Waals surface area contributed by atoms with E-state index in [0.717, 1.165) is 23.5 Å². The van der Waals surface area contributed by atoms with Gasteiger partial charge in [-0.05, 0) is 30.3 Å². The third kappa shape index (κ3) is 3.63. The smallest absolute Gasteiger partial charge is 0.267 e. The lowest BCUT2D eigenvalue weighted by Gasteiger charge is -2.10. The van der Waals surface area contributed by atoms with Gasteiger partial charge in [-0.15, -0.1) is 0 Å². The SMILES string of the molecule is NS(=O)(=O)c1ccc(-c2csc(=O)n2-c2cc(Cl)cc(Cl)c2)cc1F. The number of hydrogen-bond acceptors (Lipinski definition) is 4. The van der Waals surface area contributed by atoms with E-state index < -0.39 is 20.7 Å². The molecule has 3 aromatic rings. The number of aromatic nitrogens is 1. The van der Waals surface area contributed by atoms with E-state index in [1.807, 2.05) is 0 Å². The fraction of sp³-hybridized carbons (Fsp3) is 0. The molecule has 0 fully saturated rings. The van der Waals surface area contributed by atoms with Gasteiger partial charge < -0.3 is 0 Å². The Bertz CT molecular complexity index is 1120. The fourth-order valence-electron chi connectivity index (χ4n) is 2.31. The van der Waals surface area contributed by atoms with Crippen LogP contribution in [0.3, 0.4) is 0 Å². The maximum Gasteiger partial charge on any atom is 0.312 e. The van der Waals surface area contributed by atoms with Crippen LogP contribution in [0, 0.1) is 5.82 Å². The van der Waals surface area contributed by atoms with Crippen LogP contribution >= 0.6 is 34.5 Å². The van der Waals surface area contributed by atoms with E-state index in [-0.39, 0.29) is 4.87 Å². The molecule has 0 saturated carbocycles. The van der Waals surface area contributed by atoms with E-state index >= 15 is 0 Å². The Balaban J connectivity index is 2.21. The summed E-state index contributed by atoms with van der Waals surface area (Å²) < 4.78 is 38.1. The molecule has 0 radical (unpaired) electrons. The van der Waals surface area contributed by atoms with Crippen molar-refractivity contribution in [2.24, 2.45) is 5.14 Å². The van der Waals surface area contributed by atoms with Crippen LogP contribution in [0.2, 0.25) is 10.0 Å². The molecule has 0 unspecified atom stereocenters. The Kier molecular flexibility index (Phi) is 4.74. The van der Waals surface area contributed by atoms with Crippen LogP contribution in [0.1, 0.15) is 0 Å². The Morgan fingerprint density at radius 1 is 1.08 bits per heavy atom. The summed E-state index contributed by atoms with van der Waals surface area (Å²) in [6.07, 6.45) is 0. The largest absolute Gasteiger partial charge is 0.312 e. The van der Waals surface area contributed by atoms with Crippen molar-refractivity contribution in [1.82, 2.24) is 4.57 Å². The molecule has 10 heteroatoms. The third-order valence-corrected chi connectivity index (χ3v) is 5.44. The van der Waals surface area contributed by atoms with Gasteiger partial charge >= 0.3 is 4.87 Å². The fourth-order valence-corrected chi connectivity index (χ4v) is 4.18. The second kappa shape index (κ2) is 6.54. The average molecular weight is 419 g/mol. The van der Waals surface area contributed by atoms with E-state index in [2.05, 4.69) is 0 Å². The molecule has 0 atom stereocenters. The number of nitrogens with zero attached hydrogens (tertiary/aromatic N) is 1. The Hall–Kier alpha value is -1.71. The molecule has 0 saturated heterocycles. The average Bonchev–Trinajstić information content (AvgIpc) is 2.86. The zero-order valence-corrected chi connectivity index (χ0v) is 15.4. The van der Waals surface area contributed by atoms with Crippen LogP contribution in [0.4, 0.5) is 4.39 Å². The van der Waals surface area contributed by atoms with Gasteiger partial charge in [0.25, 0.3) is 0 Å². The number of sulfonamides is 1. The normalized spacial score (nSPS) is 11.7. The standard InChI is InChI=1S/C15H9Cl2FN2O3S2/c16-9-4-10(17)6-11(5-9)20-13(7-24-15(20)21)8-1-2-14(12(18)3-8)25(19,22)23/h1-7H,(H2,19,22,23).